The van der Waals surface area contributed by atoms with Gasteiger partial charge in [-0.25, -0.2) is 14.5 Å². The quantitative estimate of drug-likeness (QED) is 0.143. The molecule has 0 atom stereocenters. The van der Waals surface area contributed by atoms with Crippen LogP contribution in [0.15, 0.2) is 70.7 Å². The average Bonchev–Trinajstić information content (AvgIpc) is 2.91. The van der Waals surface area contributed by atoms with E-state index >= 15 is 0 Å². The standard InChI is InChI=1S/C28H22BrIN2O7/c1-3-38-27(35)17-8-10-19(11-9-17)32-26(34)20(25(33)31-28(32)36)12-16-13-22(30)24(23(14-16)37-2)39-15-18-6-4-5-7-21(18)29/h4-14H,3,15H2,1-2H3,(H,31,33,36)/b20-12+. The molecular formula is C28H22BrIN2O7. The van der Waals surface area contributed by atoms with Crippen LogP contribution in [0.5, 0.6) is 11.5 Å². The number of rotatable bonds is 8. The monoisotopic (exact) mass is 704 g/mol. The molecule has 1 saturated heterocycles. The van der Waals surface area contributed by atoms with Crippen molar-refractivity contribution >= 4 is 74.1 Å². The maximum atomic E-state index is 13.3. The summed E-state index contributed by atoms with van der Waals surface area (Å²) in [5.41, 5.74) is 1.65. The molecule has 1 N–H and O–H groups in total. The third kappa shape index (κ3) is 6.31. The minimum atomic E-state index is -0.894. The van der Waals surface area contributed by atoms with E-state index in [0.29, 0.717) is 27.2 Å². The molecule has 0 bridgehead atoms. The van der Waals surface area contributed by atoms with E-state index < -0.39 is 23.8 Å². The van der Waals surface area contributed by atoms with Gasteiger partial charge in [-0.2, -0.15) is 0 Å². The van der Waals surface area contributed by atoms with Crippen molar-refractivity contribution in [1.29, 1.82) is 0 Å². The van der Waals surface area contributed by atoms with E-state index in [1.165, 1.54) is 37.5 Å². The van der Waals surface area contributed by atoms with Gasteiger partial charge in [0, 0.05) is 10.0 Å². The molecule has 3 aromatic carbocycles. The van der Waals surface area contributed by atoms with Gasteiger partial charge in [0.25, 0.3) is 11.8 Å². The number of benzene rings is 3. The summed E-state index contributed by atoms with van der Waals surface area (Å²) in [4.78, 5) is 51.3. The molecule has 1 aliphatic heterocycles. The molecule has 11 heteroatoms. The molecule has 0 radical (unpaired) electrons. The number of esters is 1. The summed E-state index contributed by atoms with van der Waals surface area (Å²) in [6, 6.07) is 15.9. The van der Waals surface area contributed by atoms with Crippen molar-refractivity contribution < 1.29 is 33.4 Å². The van der Waals surface area contributed by atoms with E-state index in [-0.39, 0.29) is 23.4 Å². The summed E-state index contributed by atoms with van der Waals surface area (Å²) in [7, 11) is 1.49. The van der Waals surface area contributed by atoms with Crippen LogP contribution in [-0.2, 0) is 20.9 Å². The van der Waals surface area contributed by atoms with Gasteiger partial charge in [-0.1, -0.05) is 34.1 Å². The normalized spacial score (nSPS) is 14.3. The van der Waals surface area contributed by atoms with Crippen molar-refractivity contribution in [2.75, 3.05) is 18.6 Å². The number of hydrogen-bond acceptors (Lipinski definition) is 7. The number of ether oxygens (including phenoxy) is 3. The van der Waals surface area contributed by atoms with Crippen LogP contribution in [0.3, 0.4) is 0 Å². The van der Waals surface area contributed by atoms with Crippen molar-refractivity contribution in [2.24, 2.45) is 0 Å². The highest BCUT2D eigenvalue weighted by molar-refractivity contribution is 14.1. The number of nitrogens with zero attached hydrogens (tertiary/aromatic N) is 1. The summed E-state index contributed by atoms with van der Waals surface area (Å²) in [5.74, 6) is -1.24. The Morgan fingerprint density at radius 2 is 1.79 bits per heavy atom. The molecule has 200 valence electrons. The third-order valence-corrected chi connectivity index (χ3v) is 7.21. The number of imide groups is 2. The average molecular weight is 705 g/mol. The fourth-order valence-electron chi connectivity index (χ4n) is 3.75. The number of amides is 4. The molecule has 1 fully saturated rings. The van der Waals surface area contributed by atoms with Crippen molar-refractivity contribution in [2.45, 2.75) is 13.5 Å². The Morgan fingerprint density at radius 1 is 1.08 bits per heavy atom. The molecule has 0 aliphatic carbocycles. The maximum absolute atomic E-state index is 13.3. The highest BCUT2D eigenvalue weighted by Gasteiger charge is 2.37. The zero-order valence-corrected chi connectivity index (χ0v) is 24.6. The van der Waals surface area contributed by atoms with Gasteiger partial charge in [-0.05, 0) is 83.6 Å². The van der Waals surface area contributed by atoms with Gasteiger partial charge >= 0.3 is 12.0 Å². The molecule has 0 saturated carbocycles. The van der Waals surface area contributed by atoms with Gasteiger partial charge < -0.3 is 14.2 Å². The lowest BCUT2D eigenvalue weighted by Gasteiger charge is -2.26. The van der Waals surface area contributed by atoms with Gasteiger partial charge in [0.15, 0.2) is 11.5 Å². The number of nitrogens with one attached hydrogen (secondary N) is 1. The van der Waals surface area contributed by atoms with Crippen molar-refractivity contribution in [3.8, 4) is 11.5 Å². The Hall–Kier alpha value is -3.71. The van der Waals surface area contributed by atoms with E-state index in [1.54, 1.807) is 19.1 Å². The van der Waals surface area contributed by atoms with Crippen LogP contribution in [0.25, 0.3) is 6.08 Å². The maximum Gasteiger partial charge on any atom is 0.338 e. The lowest BCUT2D eigenvalue weighted by molar-refractivity contribution is -0.122. The fraction of sp³-hybridized carbons (Fsp3) is 0.143. The van der Waals surface area contributed by atoms with Gasteiger partial charge in [0.1, 0.15) is 12.2 Å². The zero-order valence-electron chi connectivity index (χ0n) is 20.8. The van der Waals surface area contributed by atoms with Crippen LogP contribution in [0.2, 0.25) is 0 Å². The Morgan fingerprint density at radius 3 is 2.46 bits per heavy atom. The number of barbiturate groups is 1. The molecule has 9 nitrogen and oxygen atoms in total. The van der Waals surface area contributed by atoms with E-state index in [9.17, 15) is 19.2 Å². The smallest absolute Gasteiger partial charge is 0.338 e. The molecule has 0 spiro atoms. The summed E-state index contributed by atoms with van der Waals surface area (Å²) < 4.78 is 18.1. The number of hydrogen-bond donors (Lipinski definition) is 1. The topological polar surface area (TPSA) is 111 Å². The van der Waals surface area contributed by atoms with E-state index in [4.69, 9.17) is 14.2 Å². The number of carbonyl (C=O) groups is 4. The first kappa shape index (κ1) is 28.3. The zero-order chi connectivity index (χ0) is 28.1. The number of carbonyl (C=O) groups excluding carboxylic acids is 4. The van der Waals surface area contributed by atoms with E-state index in [1.807, 2.05) is 24.3 Å². The minimum Gasteiger partial charge on any atom is -0.493 e. The van der Waals surface area contributed by atoms with E-state index in [2.05, 4.69) is 43.8 Å². The second kappa shape index (κ2) is 12.4. The molecule has 4 rings (SSSR count). The highest BCUT2D eigenvalue weighted by Crippen LogP contribution is 2.36. The number of methoxy groups -OCH3 is 1. The predicted octanol–water partition coefficient (Wildman–Crippen LogP) is 5.48. The summed E-state index contributed by atoms with van der Waals surface area (Å²) in [5, 5.41) is 2.19. The molecule has 3 aromatic rings. The first-order chi connectivity index (χ1) is 18.7. The van der Waals surface area contributed by atoms with Gasteiger partial charge in [-0.3, -0.25) is 14.9 Å². The van der Waals surface area contributed by atoms with Crippen molar-refractivity contribution in [3.05, 3.63) is 91.0 Å². The summed E-state index contributed by atoms with van der Waals surface area (Å²) in [6.45, 7) is 2.20. The highest BCUT2D eigenvalue weighted by atomic mass is 127. The molecule has 39 heavy (non-hydrogen) atoms. The van der Waals surface area contributed by atoms with Crippen LogP contribution in [0.1, 0.15) is 28.4 Å². The Kier molecular flexibility index (Phi) is 9.02. The lowest BCUT2D eigenvalue weighted by atomic mass is 10.1. The number of halogens is 2. The Balaban J connectivity index is 1.61. The van der Waals surface area contributed by atoms with Crippen LogP contribution in [0, 0.1) is 3.57 Å². The van der Waals surface area contributed by atoms with Crippen molar-refractivity contribution in [1.82, 2.24) is 5.32 Å². The third-order valence-electron chi connectivity index (χ3n) is 5.63. The number of anilines is 1. The SMILES string of the molecule is CCOC(=O)c1ccc(N2C(=O)NC(=O)/C(=C\c3cc(I)c(OCc4ccccc4Br)c(OC)c3)C2=O)cc1. The van der Waals surface area contributed by atoms with Crippen molar-refractivity contribution in [3.63, 3.8) is 0 Å². The molecule has 0 aromatic heterocycles. The molecular weight excluding hydrogens is 683 g/mol. The second-order valence-electron chi connectivity index (χ2n) is 8.14. The lowest BCUT2D eigenvalue weighted by Crippen LogP contribution is -2.54. The second-order valence-corrected chi connectivity index (χ2v) is 10.2. The van der Waals surface area contributed by atoms with E-state index in [0.717, 1.165) is 14.9 Å². The first-order valence-electron chi connectivity index (χ1n) is 11.7. The van der Waals surface area contributed by atoms with Crippen LogP contribution >= 0.6 is 38.5 Å². The van der Waals surface area contributed by atoms with Gasteiger partial charge in [0.2, 0.25) is 0 Å². The minimum absolute atomic E-state index is 0.187. The summed E-state index contributed by atoms with van der Waals surface area (Å²) in [6.07, 6.45) is 1.38. The molecule has 0 unspecified atom stereocenters. The summed E-state index contributed by atoms with van der Waals surface area (Å²) >= 11 is 5.59. The first-order valence-corrected chi connectivity index (χ1v) is 13.5. The van der Waals surface area contributed by atoms with Crippen LogP contribution in [-0.4, -0.2) is 37.5 Å². The number of urea groups is 1. The van der Waals surface area contributed by atoms with Gasteiger partial charge in [0.05, 0.1) is 28.5 Å². The predicted molar refractivity (Wildman–Crippen MR) is 156 cm³/mol. The van der Waals surface area contributed by atoms with Crippen LogP contribution < -0.4 is 19.7 Å². The van der Waals surface area contributed by atoms with Gasteiger partial charge in [-0.15, -0.1) is 0 Å². The molecule has 1 aliphatic rings. The largest absolute Gasteiger partial charge is 0.493 e. The molecule has 1 heterocycles. The Bertz CT molecular complexity index is 1490. The van der Waals surface area contributed by atoms with Crippen LogP contribution in [0.4, 0.5) is 10.5 Å². The fourth-order valence-corrected chi connectivity index (χ4v) is 4.93. The Labute approximate surface area is 246 Å². The molecule has 4 amide bonds.